The molecule has 0 rings (SSSR count). The van der Waals surface area contributed by atoms with Crippen LogP contribution in [0.2, 0.25) is 0 Å². The van der Waals surface area contributed by atoms with Crippen molar-refractivity contribution in [2.45, 2.75) is 6.92 Å². The van der Waals surface area contributed by atoms with E-state index in [1.165, 1.54) is 6.08 Å². The standard InChI is InChI=1S/C8H13NO/c1-8(5-4-6-10)7-9(2)3/h4-7H,1-3H3/b5-4+,8-7+. The molecule has 0 heterocycles. The summed E-state index contributed by atoms with van der Waals surface area (Å²) in [5.41, 5.74) is 1.07. The molecule has 10 heavy (non-hydrogen) atoms. The lowest BCUT2D eigenvalue weighted by molar-refractivity contribution is -0.104. The van der Waals surface area contributed by atoms with Crippen molar-refractivity contribution < 1.29 is 4.79 Å². The number of carbonyl (C=O) groups is 1. The Balaban J connectivity index is 3.93. The first-order chi connectivity index (χ1) is 4.66. The van der Waals surface area contributed by atoms with Gasteiger partial charge in [0.1, 0.15) is 6.29 Å². The predicted octanol–water partition coefficient (Wildman–Crippen LogP) is 1.21. The van der Waals surface area contributed by atoms with Gasteiger partial charge in [0.15, 0.2) is 0 Å². The van der Waals surface area contributed by atoms with Crippen molar-refractivity contribution in [2.24, 2.45) is 0 Å². The summed E-state index contributed by atoms with van der Waals surface area (Å²) in [6.07, 6.45) is 5.97. The van der Waals surface area contributed by atoms with E-state index in [1.54, 1.807) is 6.08 Å². The van der Waals surface area contributed by atoms with Crippen molar-refractivity contribution in [2.75, 3.05) is 14.1 Å². The fraction of sp³-hybridized carbons (Fsp3) is 0.375. The van der Waals surface area contributed by atoms with Gasteiger partial charge in [-0.05, 0) is 18.6 Å². The number of rotatable bonds is 3. The van der Waals surface area contributed by atoms with E-state index >= 15 is 0 Å². The summed E-state index contributed by atoms with van der Waals surface area (Å²) in [6, 6.07) is 0. The van der Waals surface area contributed by atoms with Gasteiger partial charge in [-0.1, -0.05) is 6.08 Å². The largest absolute Gasteiger partial charge is 0.383 e. The molecule has 0 aliphatic heterocycles. The maximum atomic E-state index is 9.87. The predicted molar refractivity (Wildman–Crippen MR) is 42.6 cm³/mol. The van der Waals surface area contributed by atoms with Gasteiger partial charge in [0, 0.05) is 20.3 Å². The average Bonchev–Trinajstić information content (AvgIpc) is 1.82. The lowest BCUT2D eigenvalue weighted by atomic mass is 10.3. The minimum Gasteiger partial charge on any atom is -0.383 e. The molecule has 0 aromatic heterocycles. The fourth-order valence-electron chi connectivity index (χ4n) is 0.641. The van der Waals surface area contributed by atoms with Crippen LogP contribution in [0, 0.1) is 0 Å². The topological polar surface area (TPSA) is 20.3 Å². The molecule has 0 fully saturated rings. The highest BCUT2D eigenvalue weighted by Gasteiger charge is 1.80. The summed E-state index contributed by atoms with van der Waals surface area (Å²) in [4.78, 5) is 11.8. The average molecular weight is 139 g/mol. The van der Waals surface area contributed by atoms with Crippen LogP contribution >= 0.6 is 0 Å². The lowest BCUT2D eigenvalue weighted by Crippen LogP contribution is -2.01. The fourth-order valence-corrected chi connectivity index (χ4v) is 0.641. The number of allylic oxidation sites excluding steroid dienone is 3. The molecule has 0 amide bonds. The molecule has 2 heteroatoms. The van der Waals surface area contributed by atoms with Crippen molar-refractivity contribution in [3.63, 3.8) is 0 Å². The molecular weight excluding hydrogens is 126 g/mol. The third-order valence-electron chi connectivity index (χ3n) is 0.900. The summed E-state index contributed by atoms with van der Waals surface area (Å²) >= 11 is 0. The van der Waals surface area contributed by atoms with E-state index in [-0.39, 0.29) is 0 Å². The highest BCUT2D eigenvalue weighted by molar-refractivity contribution is 5.65. The molecule has 0 radical (unpaired) electrons. The Morgan fingerprint density at radius 3 is 2.40 bits per heavy atom. The SMILES string of the molecule is CC(/C=C/C=O)=C\N(C)C. The summed E-state index contributed by atoms with van der Waals surface area (Å²) in [6.45, 7) is 1.94. The molecule has 0 saturated heterocycles. The third kappa shape index (κ3) is 5.09. The Kier molecular flexibility index (Phi) is 4.29. The van der Waals surface area contributed by atoms with Gasteiger partial charge in [-0.25, -0.2) is 0 Å². The van der Waals surface area contributed by atoms with Crippen LogP contribution in [0.4, 0.5) is 0 Å². The van der Waals surface area contributed by atoms with Crippen molar-refractivity contribution >= 4 is 6.29 Å². The van der Waals surface area contributed by atoms with E-state index in [2.05, 4.69) is 0 Å². The summed E-state index contributed by atoms with van der Waals surface area (Å²) in [7, 11) is 3.89. The van der Waals surface area contributed by atoms with Crippen LogP contribution in [0.1, 0.15) is 6.92 Å². The monoisotopic (exact) mass is 139 g/mol. The quantitative estimate of drug-likeness (QED) is 0.333. The Morgan fingerprint density at radius 2 is 2.00 bits per heavy atom. The number of hydrogen-bond acceptors (Lipinski definition) is 2. The number of aldehydes is 1. The van der Waals surface area contributed by atoms with Crippen molar-refractivity contribution in [3.8, 4) is 0 Å². The molecule has 0 bridgehead atoms. The van der Waals surface area contributed by atoms with Crippen molar-refractivity contribution in [1.29, 1.82) is 0 Å². The minimum absolute atomic E-state index is 0.771. The molecule has 0 aromatic carbocycles. The van der Waals surface area contributed by atoms with Gasteiger partial charge in [0.2, 0.25) is 0 Å². The highest BCUT2D eigenvalue weighted by atomic mass is 16.1. The lowest BCUT2D eigenvalue weighted by Gasteiger charge is -2.04. The second-order valence-electron chi connectivity index (χ2n) is 2.33. The van der Waals surface area contributed by atoms with Crippen LogP contribution in [0.3, 0.4) is 0 Å². The first-order valence-corrected chi connectivity index (χ1v) is 3.13. The first-order valence-electron chi connectivity index (χ1n) is 3.13. The van der Waals surface area contributed by atoms with E-state index in [1.807, 2.05) is 32.1 Å². The van der Waals surface area contributed by atoms with Gasteiger partial charge in [-0.15, -0.1) is 0 Å². The molecular formula is C8H13NO. The van der Waals surface area contributed by atoms with Gasteiger partial charge >= 0.3 is 0 Å². The van der Waals surface area contributed by atoms with E-state index in [9.17, 15) is 4.79 Å². The maximum Gasteiger partial charge on any atom is 0.142 e. The van der Waals surface area contributed by atoms with Gasteiger partial charge in [0.25, 0.3) is 0 Å². The minimum atomic E-state index is 0.771. The smallest absolute Gasteiger partial charge is 0.142 e. The molecule has 0 N–H and O–H groups in total. The van der Waals surface area contributed by atoms with Gasteiger partial charge in [0.05, 0.1) is 0 Å². The number of nitrogens with zero attached hydrogens (tertiary/aromatic N) is 1. The zero-order valence-electron chi connectivity index (χ0n) is 6.66. The van der Waals surface area contributed by atoms with E-state index < -0.39 is 0 Å². The molecule has 0 saturated carbocycles. The molecule has 2 nitrogen and oxygen atoms in total. The summed E-state index contributed by atoms with van der Waals surface area (Å²) in [5, 5.41) is 0. The normalized spacial score (nSPS) is 12.1. The Labute approximate surface area is 61.8 Å². The maximum absolute atomic E-state index is 9.87. The zero-order valence-corrected chi connectivity index (χ0v) is 6.66. The number of carbonyl (C=O) groups excluding carboxylic acids is 1. The van der Waals surface area contributed by atoms with Crippen LogP contribution in [0.25, 0.3) is 0 Å². The van der Waals surface area contributed by atoms with Gasteiger partial charge in [-0.3, -0.25) is 4.79 Å². The van der Waals surface area contributed by atoms with Gasteiger partial charge in [-0.2, -0.15) is 0 Å². The zero-order chi connectivity index (χ0) is 7.98. The highest BCUT2D eigenvalue weighted by Crippen LogP contribution is 1.94. The Hall–Kier alpha value is -1.05. The van der Waals surface area contributed by atoms with E-state index in [0.29, 0.717) is 0 Å². The molecule has 0 atom stereocenters. The Morgan fingerprint density at radius 1 is 1.40 bits per heavy atom. The second-order valence-corrected chi connectivity index (χ2v) is 2.33. The molecule has 0 aliphatic rings. The number of hydrogen-bond donors (Lipinski definition) is 0. The summed E-state index contributed by atoms with van der Waals surface area (Å²) in [5.74, 6) is 0. The molecule has 0 unspecified atom stereocenters. The van der Waals surface area contributed by atoms with Crippen LogP contribution < -0.4 is 0 Å². The van der Waals surface area contributed by atoms with Crippen LogP contribution in [-0.4, -0.2) is 25.3 Å². The van der Waals surface area contributed by atoms with E-state index in [0.717, 1.165) is 11.9 Å². The van der Waals surface area contributed by atoms with Gasteiger partial charge < -0.3 is 4.90 Å². The Bertz CT molecular complexity index is 157. The van der Waals surface area contributed by atoms with E-state index in [4.69, 9.17) is 0 Å². The first kappa shape index (κ1) is 8.95. The molecule has 56 valence electrons. The summed E-state index contributed by atoms with van der Waals surface area (Å²) < 4.78 is 0. The van der Waals surface area contributed by atoms with Crippen LogP contribution in [0.15, 0.2) is 23.9 Å². The van der Waals surface area contributed by atoms with Crippen LogP contribution in [-0.2, 0) is 4.79 Å². The third-order valence-corrected chi connectivity index (χ3v) is 0.900. The second kappa shape index (κ2) is 4.79. The molecule has 0 aliphatic carbocycles. The van der Waals surface area contributed by atoms with Crippen molar-refractivity contribution in [1.82, 2.24) is 4.90 Å². The molecule has 0 spiro atoms. The molecule has 0 aromatic rings. The van der Waals surface area contributed by atoms with Crippen LogP contribution in [0.5, 0.6) is 0 Å². The van der Waals surface area contributed by atoms with Crippen molar-refractivity contribution in [3.05, 3.63) is 23.9 Å².